The first kappa shape index (κ1) is 15.2. The number of amides is 1. The molecule has 0 fully saturated rings. The van der Waals surface area contributed by atoms with Crippen LogP contribution in [0.25, 0.3) is 0 Å². The maximum Gasteiger partial charge on any atom is 0.273 e. The lowest BCUT2D eigenvalue weighted by atomic mass is 10.1. The number of rotatable bonds is 5. The smallest absolute Gasteiger partial charge is 0.273 e. The van der Waals surface area contributed by atoms with Gasteiger partial charge in [0.15, 0.2) is 6.10 Å². The molecule has 0 saturated carbocycles. The van der Waals surface area contributed by atoms with Crippen molar-refractivity contribution in [3.63, 3.8) is 0 Å². The van der Waals surface area contributed by atoms with Crippen molar-refractivity contribution in [2.75, 3.05) is 7.11 Å². The Morgan fingerprint density at radius 2 is 1.86 bits per heavy atom. The molecule has 5 heteroatoms. The fourth-order valence-electron chi connectivity index (χ4n) is 1.83. The van der Waals surface area contributed by atoms with Gasteiger partial charge in [0.05, 0.1) is 6.21 Å². The van der Waals surface area contributed by atoms with Crippen molar-refractivity contribution in [2.24, 2.45) is 5.10 Å². The summed E-state index contributed by atoms with van der Waals surface area (Å²) in [4.78, 5) is 12.1. The number of hydrazone groups is 1. The van der Waals surface area contributed by atoms with Gasteiger partial charge in [-0.1, -0.05) is 60.1 Å². The van der Waals surface area contributed by atoms with E-state index >= 15 is 0 Å². The molecule has 0 aliphatic rings. The molecule has 4 nitrogen and oxygen atoms in total. The SMILES string of the molecule is CO[C@@H](C(=O)N/N=C\c1ccccc1Cl)c1ccccc1. The van der Waals surface area contributed by atoms with Crippen molar-refractivity contribution in [1.29, 1.82) is 0 Å². The largest absolute Gasteiger partial charge is 0.367 e. The molecule has 1 amide bonds. The molecule has 0 spiro atoms. The Morgan fingerprint density at radius 3 is 2.52 bits per heavy atom. The standard InChI is InChI=1S/C16H15ClN2O2/c1-21-15(12-7-3-2-4-8-12)16(20)19-18-11-13-9-5-6-10-14(13)17/h2-11,15H,1H3,(H,19,20)/b18-11-/t15-/m1/s1. The van der Waals surface area contributed by atoms with Crippen molar-refractivity contribution in [3.05, 3.63) is 70.7 Å². The third-order valence-electron chi connectivity index (χ3n) is 2.86. The number of benzene rings is 2. The zero-order valence-corrected chi connectivity index (χ0v) is 12.2. The summed E-state index contributed by atoms with van der Waals surface area (Å²) in [6.45, 7) is 0. The van der Waals surface area contributed by atoms with Crippen molar-refractivity contribution in [1.82, 2.24) is 5.43 Å². The summed E-state index contributed by atoms with van der Waals surface area (Å²) in [6, 6.07) is 16.5. The number of nitrogens with one attached hydrogen (secondary N) is 1. The van der Waals surface area contributed by atoms with Crippen LogP contribution in [0.4, 0.5) is 0 Å². The lowest BCUT2D eigenvalue weighted by molar-refractivity contribution is -0.131. The molecule has 1 atom stereocenters. The Balaban J connectivity index is 2.02. The van der Waals surface area contributed by atoms with Gasteiger partial charge in [0, 0.05) is 17.7 Å². The zero-order valence-electron chi connectivity index (χ0n) is 11.5. The minimum absolute atomic E-state index is 0.341. The van der Waals surface area contributed by atoms with Crippen LogP contribution in [0.1, 0.15) is 17.2 Å². The molecule has 2 aromatic rings. The van der Waals surface area contributed by atoms with Crippen molar-refractivity contribution >= 4 is 23.7 Å². The highest BCUT2D eigenvalue weighted by atomic mass is 35.5. The quantitative estimate of drug-likeness (QED) is 0.681. The van der Waals surface area contributed by atoms with Crippen LogP contribution in [-0.2, 0) is 9.53 Å². The van der Waals surface area contributed by atoms with E-state index in [1.807, 2.05) is 48.5 Å². The molecule has 21 heavy (non-hydrogen) atoms. The maximum atomic E-state index is 12.1. The average molecular weight is 303 g/mol. The summed E-state index contributed by atoms with van der Waals surface area (Å²) >= 11 is 6.00. The molecule has 0 radical (unpaired) electrons. The molecule has 0 aromatic heterocycles. The topological polar surface area (TPSA) is 50.7 Å². The Labute approximate surface area is 128 Å². The fourth-order valence-corrected chi connectivity index (χ4v) is 2.01. The van der Waals surface area contributed by atoms with Gasteiger partial charge in [-0.05, 0) is 11.6 Å². The first-order valence-corrected chi connectivity index (χ1v) is 6.75. The van der Waals surface area contributed by atoms with Gasteiger partial charge in [0.25, 0.3) is 5.91 Å². The highest BCUT2D eigenvalue weighted by molar-refractivity contribution is 6.33. The third-order valence-corrected chi connectivity index (χ3v) is 3.20. The second-order valence-corrected chi connectivity index (χ2v) is 4.69. The van der Waals surface area contributed by atoms with Crippen LogP contribution in [0.2, 0.25) is 5.02 Å². The van der Waals surface area contributed by atoms with Crippen molar-refractivity contribution < 1.29 is 9.53 Å². The molecule has 108 valence electrons. The van der Waals surface area contributed by atoms with Gasteiger partial charge in [0.2, 0.25) is 0 Å². The number of carbonyl (C=O) groups excluding carboxylic acids is 1. The first-order valence-electron chi connectivity index (χ1n) is 6.37. The third kappa shape index (κ3) is 4.15. The van der Waals surface area contributed by atoms with Crippen LogP contribution in [0.15, 0.2) is 59.7 Å². The highest BCUT2D eigenvalue weighted by Gasteiger charge is 2.18. The Morgan fingerprint density at radius 1 is 1.19 bits per heavy atom. The molecule has 2 rings (SSSR count). The number of halogens is 1. The van der Waals surface area contributed by atoms with Gasteiger partial charge in [-0.25, -0.2) is 5.43 Å². The van der Waals surface area contributed by atoms with Gasteiger partial charge >= 0.3 is 0 Å². The van der Waals surface area contributed by atoms with E-state index in [-0.39, 0.29) is 5.91 Å². The van der Waals surface area contributed by atoms with Gasteiger partial charge in [-0.15, -0.1) is 0 Å². The van der Waals surface area contributed by atoms with Crippen LogP contribution in [0.5, 0.6) is 0 Å². The molecule has 0 bridgehead atoms. The number of nitrogens with zero attached hydrogens (tertiary/aromatic N) is 1. The summed E-state index contributed by atoms with van der Waals surface area (Å²) < 4.78 is 5.21. The molecule has 0 aliphatic heterocycles. The van der Waals surface area contributed by atoms with E-state index in [0.29, 0.717) is 5.02 Å². The van der Waals surface area contributed by atoms with Crippen LogP contribution in [0.3, 0.4) is 0 Å². The van der Waals surface area contributed by atoms with Gasteiger partial charge in [-0.2, -0.15) is 5.10 Å². The van der Waals surface area contributed by atoms with Gasteiger partial charge < -0.3 is 4.74 Å². The van der Waals surface area contributed by atoms with E-state index in [2.05, 4.69) is 10.5 Å². The number of ether oxygens (including phenoxy) is 1. The number of carbonyl (C=O) groups is 1. The van der Waals surface area contributed by atoms with Crippen LogP contribution in [0, 0.1) is 0 Å². The molecule has 1 N–H and O–H groups in total. The predicted molar refractivity (Wildman–Crippen MR) is 83.4 cm³/mol. The van der Waals surface area contributed by atoms with Crippen LogP contribution < -0.4 is 5.43 Å². The summed E-state index contributed by atoms with van der Waals surface area (Å²) in [5.41, 5.74) is 3.95. The second-order valence-electron chi connectivity index (χ2n) is 4.28. The highest BCUT2D eigenvalue weighted by Crippen LogP contribution is 2.16. The normalized spacial score (nSPS) is 12.3. The van der Waals surface area contributed by atoms with Crippen LogP contribution >= 0.6 is 11.6 Å². The lowest BCUT2D eigenvalue weighted by Gasteiger charge is -2.13. The molecule has 0 heterocycles. The molecule has 2 aromatic carbocycles. The molecular weight excluding hydrogens is 288 g/mol. The summed E-state index contributed by atoms with van der Waals surface area (Å²) in [5, 5.41) is 4.48. The number of hydrogen-bond acceptors (Lipinski definition) is 3. The average Bonchev–Trinajstić information content (AvgIpc) is 2.51. The van der Waals surface area contributed by atoms with Gasteiger partial charge in [0.1, 0.15) is 0 Å². The van der Waals surface area contributed by atoms with Crippen molar-refractivity contribution in [3.8, 4) is 0 Å². The minimum atomic E-state index is -0.699. The predicted octanol–water partition coefficient (Wildman–Crippen LogP) is 3.18. The molecule has 0 saturated heterocycles. The summed E-state index contributed by atoms with van der Waals surface area (Å²) in [6.07, 6.45) is 0.799. The lowest BCUT2D eigenvalue weighted by Crippen LogP contribution is -2.26. The monoisotopic (exact) mass is 302 g/mol. The molecule has 0 unspecified atom stereocenters. The Kier molecular flexibility index (Phi) is 5.49. The van der Waals surface area contributed by atoms with Crippen molar-refractivity contribution in [2.45, 2.75) is 6.10 Å². The second kappa shape index (κ2) is 7.57. The number of methoxy groups -OCH3 is 1. The Bertz CT molecular complexity index is 629. The maximum absolute atomic E-state index is 12.1. The van der Waals surface area contributed by atoms with E-state index in [9.17, 15) is 4.79 Å². The summed E-state index contributed by atoms with van der Waals surface area (Å²) in [5.74, 6) is -0.341. The molecular formula is C16H15ClN2O2. The summed E-state index contributed by atoms with van der Waals surface area (Å²) in [7, 11) is 1.48. The molecule has 0 aliphatic carbocycles. The van der Waals surface area contributed by atoms with E-state index < -0.39 is 6.10 Å². The van der Waals surface area contributed by atoms with E-state index in [1.165, 1.54) is 13.3 Å². The van der Waals surface area contributed by atoms with Crippen LogP contribution in [-0.4, -0.2) is 19.2 Å². The van der Waals surface area contributed by atoms with E-state index in [1.54, 1.807) is 6.07 Å². The zero-order chi connectivity index (χ0) is 15.1. The Hall–Kier alpha value is -2.17. The minimum Gasteiger partial charge on any atom is -0.367 e. The van der Waals surface area contributed by atoms with E-state index in [0.717, 1.165) is 11.1 Å². The van der Waals surface area contributed by atoms with Gasteiger partial charge in [-0.3, -0.25) is 4.79 Å². The first-order chi connectivity index (χ1) is 10.2. The van der Waals surface area contributed by atoms with E-state index in [4.69, 9.17) is 16.3 Å². The fraction of sp³-hybridized carbons (Fsp3) is 0.125. The number of hydrogen-bond donors (Lipinski definition) is 1.